The summed E-state index contributed by atoms with van der Waals surface area (Å²) in [6, 6.07) is 3.28. The SMILES string of the molecule is [C-]#[N+]c1cc(C(=O)Nc2c[nH]c3cc(F)c(F)cc23)cnc1N1CCC(F)(F)CC1. The Balaban J connectivity index is 1.57. The van der Waals surface area contributed by atoms with Gasteiger partial charge in [-0.1, -0.05) is 0 Å². The number of hydrogen-bond acceptors (Lipinski definition) is 3. The van der Waals surface area contributed by atoms with E-state index in [1.807, 2.05) is 0 Å². The average Bonchev–Trinajstić information content (AvgIpc) is 3.09. The summed E-state index contributed by atoms with van der Waals surface area (Å²) in [5, 5.41) is 2.86. The molecule has 4 rings (SSSR count). The Kier molecular flexibility index (Phi) is 4.81. The van der Waals surface area contributed by atoms with Crippen molar-refractivity contribution in [2.75, 3.05) is 23.3 Å². The largest absolute Gasteiger partial charge is 0.365 e. The second-order valence-corrected chi connectivity index (χ2v) is 6.99. The van der Waals surface area contributed by atoms with Crippen molar-refractivity contribution in [2.45, 2.75) is 18.8 Å². The van der Waals surface area contributed by atoms with Crippen molar-refractivity contribution in [3.05, 3.63) is 59.2 Å². The molecule has 1 aliphatic heterocycles. The molecule has 2 N–H and O–H groups in total. The number of H-pyrrole nitrogens is 1. The third-order valence-corrected chi connectivity index (χ3v) is 5.00. The van der Waals surface area contributed by atoms with Gasteiger partial charge in [0.2, 0.25) is 5.69 Å². The Morgan fingerprint density at radius 1 is 1.20 bits per heavy atom. The first kappa shape index (κ1) is 19.7. The second-order valence-electron chi connectivity index (χ2n) is 6.99. The predicted molar refractivity (Wildman–Crippen MR) is 103 cm³/mol. The summed E-state index contributed by atoms with van der Waals surface area (Å²) in [6.45, 7) is 7.49. The van der Waals surface area contributed by atoms with Crippen LogP contribution in [0.15, 0.2) is 30.6 Å². The quantitative estimate of drug-likeness (QED) is 0.472. The fourth-order valence-electron chi connectivity index (χ4n) is 3.36. The van der Waals surface area contributed by atoms with Crippen LogP contribution < -0.4 is 10.2 Å². The molecule has 1 saturated heterocycles. The minimum absolute atomic E-state index is 0.0610. The molecule has 0 radical (unpaired) electrons. The maximum absolute atomic E-state index is 13.5. The summed E-state index contributed by atoms with van der Waals surface area (Å²) in [6.07, 6.45) is 1.99. The molecule has 6 nitrogen and oxygen atoms in total. The smallest absolute Gasteiger partial charge is 0.256 e. The van der Waals surface area contributed by atoms with Gasteiger partial charge >= 0.3 is 0 Å². The zero-order chi connectivity index (χ0) is 21.5. The van der Waals surface area contributed by atoms with Crippen molar-refractivity contribution in [1.82, 2.24) is 9.97 Å². The molecule has 1 aromatic carbocycles. The van der Waals surface area contributed by atoms with E-state index >= 15 is 0 Å². The van der Waals surface area contributed by atoms with Crippen LogP contribution >= 0.6 is 0 Å². The van der Waals surface area contributed by atoms with E-state index in [1.165, 1.54) is 18.5 Å². The number of fused-ring (bicyclic) bond motifs is 1. The maximum atomic E-state index is 13.5. The van der Waals surface area contributed by atoms with Crippen LogP contribution in [0.3, 0.4) is 0 Å². The number of piperidine rings is 1. The number of rotatable bonds is 3. The number of hydrogen-bond donors (Lipinski definition) is 2. The normalized spacial score (nSPS) is 15.8. The zero-order valence-electron chi connectivity index (χ0n) is 15.5. The Hall–Kier alpha value is -3.61. The van der Waals surface area contributed by atoms with E-state index in [-0.39, 0.29) is 54.1 Å². The third kappa shape index (κ3) is 3.66. The number of pyridine rings is 1. The number of alkyl halides is 2. The molecular formula is C20H15F4N5O. The number of nitrogens with one attached hydrogen (secondary N) is 2. The van der Waals surface area contributed by atoms with Gasteiger partial charge in [-0.25, -0.2) is 22.4 Å². The predicted octanol–water partition coefficient (Wildman–Crippen LogP) is 4.88. The Labute approximate surface area is 168 Å². The van der Waals surface area contributed by atoms with Crippen LogP contribution in [0.5, 0.6) is 0 Å². The van der Waals surface area contributed by atoms with Gasteiger partial charge in [0.1, 0.15) is 5.82 Å². The highest BCUT2D eigenvalue weighted by Crippen LogP contribution is 2.34. The van der Waals surface area contributed by atoms with Crippen molar-refractivity contribution in [1.29, 1.82) is 0 Å². The molecule has 30 heavy (non-hydrogen) atoms. The Morgan fingerprint density at radius 3 is 2.60 bits per heavy atom. The van der Waals surface area contributed by atoms with Crippen LogP contribution in [-0.4, -0.2) is 34.9 Å². The lowest BCUT2D eigenvalue weighted by Crippen LogP contribution is -2.39. The maximum Gasteiger partial charge on any atom is 0.256 e. The highest BCUT2D eigenvalue weighted by molar-refractivity contribution is 6.09. The number of nitrogens with zero attached hydrogens (tertiary/aromatic N) is 3. The average molecular weight is 417 g/mol. The molecule has 0 aliphatic carbocycles. The van der Waals surface area contributed by atoms with E-state index < -0.39 is 23.5 Å². The van der Waals surface area contributed by atoms with E-state index in [0.717, 1.165) is 12.1 Å². The molecule has 3 heterocycles. The molecule has 0 saturated carbocycles. The molecule has 0 atom stereocenters. The number of aromatic nitrogens is 2. The van der Waals surface area contributed by atoms with Gasteiger partial charge in [0.25, 0.3) is 11.8 Å². The van der Waals surface area contributed by atoms with Crippen LogP contribution in [0.2, 0.25) is 0 Å². The molecule has 0 bridgehead atoms. The lowest BCUT2D eigenvalue weighted by atomic mass is 10.1. The standard InChI is InChI=1S/C20H15F4N5O/c1-25-16-6-11(9-27-18(16)29-4-2-20(23,24)3-5-29)19(30)28-17-10-26-15-8-14(22)13(21)7-12(15)17/h6-10,26H,2-5H2,(H,28,30). The number of amides is 1. The fourth-order valence-corrected chi connectivity index (χ4v) is 3.36. The molecule has 1 aliphatic rings. The number of halogens is 4. The monoisotopic (exact) mass is 417 g/mol. The number of carbonyl (C=O) groups is 1. The van der Waals surface area contributed by atoms with Crippen molar-refractivity contribution >= 4 is 34.0 Å². The summed E-state index contributed by atoms with van der Waals surface area (Å²) in [5.74, 6) is -5.14. The summed E-state index contributed by atoms with van der Waals surface area (Å²) >= 11 is 0. The van der Waals surface area contributed by atoms with E-state index in [9.17, 15) is 22.4 Å². The molecule has 2 aromatic heterocycles. The molecule has 154 valence electrons. The number of carbonyl (C=O) groups excluding carboxylic acids is 1. The van der Waals surface area contributed by atoms with Gasteiger partial charge < -0.3 is 15.2 Å². The summed E-state index contributed by atoms with van der Waals surface area (Å²) in [5.41, 5.74) is 0.686. The van der Waals surface area contributed by atoms with Crippen LogP contribution in [-0.2, 0) is 0 Å². The zero-order valence-corrected chi connectivity index (χ0v) is 15.5. The number of anilines is 2. The van der Waals surface area contributed by atoms with Gasteiger partial charge in [0.05, 0.1) is 17.8 Å². The van der Waals surface area contributed by atoms with Gasteiger partial charge in [0, 0.05) is 55.3 Å². The lowest BCUT2D eigenvalue weighted by molar-refractivity contribution is -0.0221. The first-order chi connectivity index (χ1) is 14.3. The molecule has 1 amide bonds. The fraction of sp³-hybridized carbons (Fsp3) is 0.250. The summed E-state index contributed by atoms with van der Waals surface area (Å²) in [4.78, 5) is 24.5. The van der Waals surface area contributed by atoms with Crippen molar-refractivity contribution in [2.24, 2.45) is 0 Å². The van der Waals surface area contributed by atoms with E-state index in [2.05, 4.69) is 20.1 Å². The first-order valence-corrected chi connectivity index (χ1v) is 9.05. The minimum atomic E-state index is -2.73. The first-order valence-electron chi connectivity index (χ1n) is 9.05. The lowest BCUT2D eigenvalue weighted by Gasteiger charge is -2.33. The Morgan fingerprint density at radius 2 is 1.90 bits per heavy atom. The van der Waals surface area contributed by atoms with E-state index in [1.54, 1.807) is 4.90 Å². The highest BCUT2D eigenvalue weighted by Gasteiger charge is 2.35. The molecular weight excluding hydrogens is 402 g/mol. The molecule has 3 aromatic rings. The third-order valence-electron chi connectivity index (χ3n) is 5.00. The molecule has 0 unspecified atom stereocenters. The van der Waals surface area contributed by atoms with Gasteiger partial charge in [-0.3, -0.25) is 9.78 Å². The second kappa shape index (κ2) is 7.33. The van der Waals surface area contributed by atoms with Crippen LogP contribution in [0.25, 0.3) is 15.7 Å². The highest BCUT2D eigenvalue weighted by atomic mass is 19.3. The van der Waals surface area contributed by atoms with Crippen molar-refractivity contribution in [3.63, 3.8) is 0 Å². The van der Waals surface area contributed by atoms with E-state index in [4.69, 9.17) is 6.57 Å². The number of aromatic amines is 1. The van der Waals surface area contributed by atoms with E-state index in [0.29, 0.717) is 5.52 Å². The molecule has 1 fully saturated rings. The van der Waals surface area contributed by atoms with Gasteiger partial charge in [-0.2, -0.15) is 0 Å². The van der Waals surface area contributed by atoms with Crippen LogP contribution in [0, 0.1) is 18.2 Å². The van der Waals surface area contributed by atoms with Gasteiger partial charge in [0.15, 0.2) is 11.6 Å². The van der Waals surface area contributed by atoms with Crippen molar-refractivity contribution in [3.8, 4) is 0 Å². The van der Waals surface area contributed by atoms with Crippen LogP contribution in [0.4, 0.5) is 34.8 Å². The summed E-state index contributed by atoms with van der Waals surface area (Å²) < 4.78 is 53.6. The van der Waals surface area contributed by atoms with Crippen molar-refractivity contribution < 1.29 is 22.4 Å². The molecule has 10 heteroatoms. The number of benzene rings is 1. The van der Waals surface area contributed by atoms with Gasteiger partial charge in [-0.15, -0.1) is 0 Å². The minimum Gasteiger partial charge on any atom is -0.365 e. The molecule has 0 spiro atoms. The topological polar surface area (TPSA) is 65.4 Å². The van der Waals surface area contributed by atoms with Crippen LogP contribution in [0.1, 0.15) is 23.2 Å². The Bertz CT molecular complexity index is 1170. The summed E-state index contributed by atoms with van der Waals surface area (Å²) in [7, 11) is 0. The van der Waals surface area contributed by atoms with Gasteiger partial charge in [-0.05, 0) is 12.1 Å².